The van der Waals surface area contributed by atoms with E-state index in [2.05, 4.69) is 204 Å². The maximum atomic E-state index is 6.69. The molecule has 2 aromatic heterocycles. The van der Waals surface area contributed by atoms with Crippen LogP contribution in [-0.4, -0.2) is 4.57 Å². The summed E-state index contributed by atoms with van der Waals surface area (Å²) in [5, 5.41) is 9.46. The largest absolute Gasteiger partial charge is 0.455 e. The van der Waals surface area contributed by atoms with Crippen LogP contribution in [0.2, 0.25) is 0 Å². The Labute approximate surface area is 306 Å². The molecule has 248 valence electrons. The van der Waals surface area contributed by atoms with Gasteiger partial charge < -0.3 is 13.9 Å². The second-order valence-electron chi connectivity index (χ2n) is 13.7. The summed E-state index contributed by atoms with van der Waals surface area (Å²) in [6.45, 7) is 0. The Bertz CT molecular complexity index is 3130. The first kappa shape index (κ1) is 29.6. The van der Waals surface area contributed by atoms with Crippen molar-refractivity contribution in [2.24, 2.45) is 0 Å². The molecule has 3 nitrogen and oxygen atoms in total. The number of anilines is 3. The van der Waals surface area contributed by atoms with Crippen LogP contribution in [-0.2, 0) is 0 Å². The summed E-state index contributed by atoms with van der Waals surface area (Å²) in [4.78, 5) is 2.39. The zero-order chi connectivity index (χ0) is 34.9. The highest BCUT2D eigenvalue weighted by molar-refractivity contribution is 6.19. The highest BCUT2D eigenvalue weighted by Crippen LogP contribution is 2.45. The number of hydrogen-bond donors (Lipinski definition) is 0. The van der Waals surface area contributed by atoms with Crippen LogP contribution in [0, 0.1) is 0 Å². The number of aromatic nitrogens is 1. The SMILES string of the molecule is c1cc(N(c2ccc(-c3cccc4ccccc34)cc2)c2cccc3oc4c5ccccc5ccc4c23)cc(-n2c3ccccc3c3ccccc32)c1. The van der Waals surface area contributed by atoms with Gasteiger partial charge in [-0.15, -0.1) is 0 Å². The second-order valence-corrected chi connectivity index (χ2v) is 13.7. The minimum atomic E-state index is 0.866. The molecule has 0 aliphatic rings. The Kier molecular flexibility index (Phi) is 6.55. The average molecular weight is 677 g/mol. The summed E-state index contributed by atoms with van der Waals surface area (Å²) < 4.78 is 9.08. The molecular formula is C50H32N2O. The molecule has 0 radical (unpaired) electrons. The van der Waals surface area contributed by atoms with Gasteiger partial charge in [-0.3, -0.25) is 0 Å². The second kappa shape index (κ2) is 11.7. The Morgan fingerprint density at radius 3 is 1.81 bits per heavy atom. The molecule has 0 atom stereocenters. The number of para-hydroxylation sites is 2. The monoisotopic (exact) mass is 676 g/mol. The van der Waals surface area contributed by atoms with E-state index in [-0.39, 0.29) is 0 Å². The van der Waals surface area contributed by atoms with Crippen LogP contribution < -0.4 is 4.90 Å². The maximum absolute atomic E-state index is 6.69. The van der Waals surface area contributed by atoms with Crippen LogP contribution in [0.25, 0.3) is 82.1 Å². The van der Waals surface area contributed by atoms with Gasteiger partial charge in [-0.2, -0.15) is 0 Å². The minimum Gasteiger partial charge on any atom is -0.455 e. The molecule has 0 fully saturated rings. The van der Waals surface area contributed by atoms with E-state index in [0.717, 1.165) is 50.1 Å². The molecule has 0 unspecified atom stereocenters. The molecule has 11 rings (SSSR count). The van der Waals surface area contributed by atoms with Gasteiger partial charge in [-0.1, -0.05) is 133 Å². The van der Waals surface area contributed by atoms with Crippen molar-refractivity contribution in [1.29, 1.82) is 0 Å². The first-order chi connectivity index (χ1) is 26.3. The fourth-order valence-electron chi connectivity index (χ4n) is 8.39. The molecule has 2 heterocycles. The highest BCUT2D eigenvalue weighted by atomic mass is 16.3. The van der Waals surface area contributed by atoms with Crippen molar-refractivity contribution in [1.82, 2.24) is 4.57 Å². The van der Waals surface area contributed by atoms with E-state index in [4.69, 9.17) is 4.42 Å². The van der Waals surface area contributed by atoms with E-state index in [1.165, 1.54) is 49.1 Å². The van der Waals surface area contributed by atoms with Gasteiger partial charge in [-0.25, -0.2) is 0 Å². The van der Waals surface area contributed by atoms with Crippen molar-refractivity contribution in [3.8, 4) is 16.8 Å². The lowest BCUT2D eigenvalue weighted by molar-refractivity contribution is 0.672. The standard InChI is InChI=1S/C50H32N2O/c1-3-17-39-33(12-1)14-9-21-40(39)35-26-29-36(30-27-35)51(47-24-11-25-48-49(47)44-31-28-34-13-2-4-18-41(34)50(44)53-48)37-15-10-16-38(32-37)52-45-22-7-5-19-42(45)43-20-6-8-23-46(43)52/h1-32H. The number of benzene rings is 9. The summed E-state index contributed by atoms with van der Waals surface area (Å²) >= 11 is 0. The van der Waals surface area contributed by atoms with Gasteiger partial charge in [0, 0.05) is 38.6 Å². The van der Waals surface area contributed by atoms with Crippen LogP contribution in [0.1, 0.15) is 0 Å². The summed E-state index contributed by atoms with van der Waals surface area (Å²) in [7, 11) is 0. The number of rotatable bonds is 5. The number of fused-ring (bicyclic) bond motifs is 9. The van der Waals surface area contributed by atoms with Crippen LogP contribution in [0.3, 0.4) is 0 Å². The van der Waals surface area contributed by atoms with Crippen molar-refractivity contribution in [2.75, 3.05) is 4.90 Å². The fourth-order valence-corrected chi connectivity index (χ4v) is 8.39. The lowest BCUT2D eigenvalue weighted by Gasteiger charge is -2.27. The van der Waals surface area contributed by atoms with Crippen molar-refractivity contribution in [3.63, 3.8) is 0 Å². The summed E-state index contributed by atoms with van der Waals surface area (Å²) in [6.07, 6.45) is 0. The molecule has 9 aromatic carbocycles. The Morgan fingerprint density at radius 2 is 1.04 bits per heavy atom. The maximum Gasteiger partial charge on any atom is 0.143 e. The van der Waals surface area contributed by atoms with Crippen molar-refractivity contribution < 1.29 is 4.42 Å². The van der Waals surface area contributed by atoms with E-state index >= 15 is 0 Å². The van der Waals surface area contributed by atoms with Gasteiger partial charge in [-0.05, 0) is 87.9 Å². The molecule has 53 heavy (non-hydrogen) atoms. The van der Waals surface area contributed by atoms with Gasteiger partial charge in [0.2, 0.25) is 0 Å². The molecule has 0 saturated carbocycles. The van der Waals surface area contributed by atoms with Gasteiger partial charge in [0.25, 0.3) is 0 Å². The van der Waals surface area contributed by atoms with E-state index in [1.54, 1.807) is 0 Å². The molecule has 0 amide bonds. The third-order valence-corrected chi connectivity index (χ3v) is 10.8. The predicted octanol–water partition coefficient (Wildman–Crippen LogP) is 14.1. The zero-order valence-electron chi connectivity index (χ0n) is 28.8. The number of nitrogens with zero attached hydrogens (tertiary/aromatic N) is 2. The zero-order valence-corrected chi connectivity index (χ0v) is 28.8. The molecular weight excluding hydrogens is 645 g/mol. The molecule has 0 saturated heterocycles. The molecule has 0 bridgehead atoms. The topological polar surface area (TPSA) is 21.3 Å². The van der Waals surface area contributed by atoms with Crippen molar-refractivity contribution >= 4 is 82.4 Å². The summed E-state index contributed by atoms with van der Waals surface area (Å²) in [5.41, 5.74) is 10.9. The van der Waals surface area contributed by atoms with E-state index in [0.29, 0.717) is 0 Å². The van der Waals surface area contributed by atoms with Gasteiger partial charge in [0.05, 0.1) is 22.1 Å². The average Bonchev–Trinajstić information content (AvgIpc) is 3.78. The Morgan fingerprint density at radius 1 is 0.415 bits per heavy atom. The van der Waals surface area contributed by atoms with Gasteiger partial charge in [0.1, 0.15) is 11.2 Å². The summed E-state index contributed by atoms with van der Waals surface area (Å²) in [6, 6.07) is 69.7. The Hall–Kier alpha value is -7.10. The van der Waals surface area contributed by atoms with Crippen LogP contribution in [0.4, 0.5) is 17.1 Å². The van der Waals surface area contributed by atoms with Crippen molar-refractivity contribution in [2.45, 2.75) is 0 Å². The van der Waals surface area contributed by atoms with E-state index < -0.39 is 0 Å². The molecule has 0 aliphatic carbocycles. The van der Waals surface area contributed by atoms with Crippen LogP contribution in [0.15, 0.2) is 199 Å². The predicted molar refractivity (Wildman–Crippen MR) is 223 cm³/mol. The van der Waals surface area contributed by atoms with Crippen LogP contribution >= 0.6 is 0 Å². The van der Waals surface area contributed by atoms with Crippen LogP contribution in [0.5, 0.6) is 0 Å². The Balaban J connectivity index is 1.15. The molecule has 3 heteroatoms. The highest BCUT2D eigenvalue weighted by Gasteiger charge is 2.21. The number of furan rings is 1. The quantitative estimate of drug-likeness (QED) is 0.181. The fraction of sp³-hybridized carbons (Fsp3) is 0. The number of hydrogen-bond acceptors (Lipinski definition) is 2. The normalized spacial score (nSPS) is 11.8. The first-order valence-electron chi connectivity index (χ1n) is 18.1. The first-order valence-corrected chi connectivity index (χ1v) is 18.1. The van der Waals surface area contributed by atoms with E-state index in [1.807, 2.05) is 0 Å². The lowest BCUT2D eigenvalue weighted by Crippen LogP contribution is -2.11. The van der Waals surface area contributed by atoms with Gasteiger partial charge in [0.15, 0.2) is 0 Å². The third kappa shape index (κ3) is 4.61. The van der Waals surface area contributed by atoms with E-state index in [9.17, 15) is 0 Å². The molecule has 11 aromatic rings. The molecule has 0 N–H and O–H groups in total. The van der Waals surface area contributed by atoms with Gasteiger partial charge >= 0.3 is 0 Å². The lowest BCUT2D eigenvalue weighted by atomic mass is 9.98. The minimum absolute atomic E-state index is 0.866. The molecule has 0 aliphatic heterocycles. The van der Waals surface area contributed by atoms with Crippen molar-refractivity contribution in [3.05, 3.63) is 194 Å². The summed E-state index contributed by atoms with van der Waals surface area (Å²) in [5.74, 6) is 0. The third-order valence-electron chi connectivity index (χ3n) is 10.8. The molecule has 0 spiro atoms. The smallest absolute Gasteiger partial charge is 0.143 e.